The lowest BCUT2D eigenvalue weighted by molar-refractivity contribution is 0.0690. The Morgan fingerprint density at radius 2 is 1.62 bits per heavy atom. The normalized spacial score (nSPS) is 14.3. The lowest BCUT2D eigenvalue weighted by Gasteiger charge is -2.18. The molecule has 2 heterocycles. The van der Waals surface area contributed by atoms with Crippen LogP contribution in [-0.2, 0) is 17.8 Å². The molecule has 6 nitrogen and oxygen atoms in total. The Bertz CT molecular complexity index is 1100. The summed E-state index contributed by atoms with van der Waals surface area (Å²) in [5, 5.41) is 9.09. The van der Waals surface area contributed by atoms with Gasteiger partial charge in [-0.2, -0.15) is 0 Å². The van der Waals surface area contributed by atoms with E-state index >= 15 is 0 Å². The molecule has 1 aromatic heterocycles. The summed E-state index contributed by atoms with van der Waals surface area (Å²) in [6.45, 7) is 0.888. The van der Waals surface area contributed by atoms with Gasteiger partial charge in [-0.3, -0.25) is 4.90 Å². The van der Waals surface area contributed by atoms with Crippen molar-refractivity contribution in [2.24, 2.45) is 0 Å². The van der Waals surface area contributed by atoms with Gasteiger partial charge in [0, 0.05) is 5.92 Å². The second-order valence-electron chi connectivity index (χ2n) is 7.27. The van der Waals surface area contributed by atoms with E-state index in [0.717, 1.165) is 5.56 Å². The quantitative estimate of drug-likeness (QED) is 0.735. The molecule has 0 spiro atoms. The van der Waals surface area contributed by atoms with Crippen molar-refractivity contribution in [1.82, 2.24) is 9.88 Å². The first-order valence-corrected chi connectivity index (χ1v) is 9.44. The number of aromatic nitrogens is 1. The molecule has 0 radical (unpaired) electrons. The number of hydrogen-bond acceptors (Lipinski definition) is 4. The van der Waals surface area contributed by atoms with Crippen LogP contribution in [0.25, 0.3) is 11.1 Å². The Morgan fingerprint density at radius 3 is 2.28 bits per heavy atom. The third-order valence-electron chi connectivity index (χ3n) is 5.58. The molecule has 1 N–H and O–H groups in total. The van der Waals surface area contributed by atoms with E-state index in [2.05, 4.69) is 29.2 Å². The molecule has 1 aliphatic carbocycles. The minimum absolute atomic E-state index is 0.00747. The molecule has 144 valence electrons. The zero-order valence-electron chi connectivity index (χ0n) is 15.5. The molecule has 1 aliphatic heterocycles. The number of rotatable bonds is 3. The number of carboxylic acid groups (broad SMARTS) is 1. The van der Waals surface area contributed by atoms with Crippen LogP contribution >= 0.6 is 0 Å². The highest BCUT2D eigenvalue weighted by atomic mass is 16.6. The molecule has 29 heavy (non-hydrogen) atoms. The Kier molecular flexibility index (Phi) is 4.05. The molecular formula is C23H18N2O4. The van der Waals surface area contributed by atoms with Crippen molar-refractivity contribution in [2.45, 2.75) is 19.0 Å². The first-order chi connectivity index (χ1) is 14.1. The maximum Gasteiger partial charge on any atom is 0.410 e. The van der Waals surface area contributed by atoms with Gasteiger partial charge in [-0.15, -0.1) is 0 Å². The standard InChI is InChI=1S/C23H18N2O4/c26-22(27)20-10-9-14-11-25(12-21(14)24-20)23(28)29-13-19-17-7-3-1-5-15(17)16-6-2-4-8-18(16)19/h1-10,19H,11-13H2,(H,26,27). The van der Waals surface area contributed by atoms with Gasteiger partial charge in [-0.05, 0) is 33.9 Å². The van der Waals surface area contributed by atoms with Crippen molar-refractivity contribution in [3.63, 3.8) is 0 Å². The zero-order chi connectivity index (χ0) is 20.0. The van der Waals surface area contributed by atoms with E-state index in [4.69, 9.17) is 9.84 Å². The smallest absolute Gasteiger partial charge is 0.410 e. The number of pyridine rings is 1. The van der Waals surface area contributed by atoms with E-state index in [-0.39, 0.29) is 24.8 Å². The average molecular weight is 386 g/mol. The second kappa shape index (κ2) is 6.74. The average Bonchev–Trinajstić information content (AvgIpc) is 3.31. The number of carbonyl (C=O) groups excluding carboxylic acids is 1. The number of nitrogens with zero attached hydrogens (tertiary/aromatic N) is 2. The van der Waals surface area contributed by atoms with E-state index in [9.17, 15) is 9.59 Å². The SMILES string of the molecule is O=C(O)c1ccc2c(n1)CN(C(=O)OCC1c3ccccc3-c3ccccc31)C2. The number of benzene rings is 2. The van der Waals surface area contributed by atoms with Crippen molar-refractivity contribution in [3.8, 4) is 11.1 Å². The number of carboxylic acids is 1. The summed E-state index contributed by atoms with van der Waals surface area (Å²) < 4.78 is 5.68. The molecule has 2 aliphatic rings. The molecule has 2 aromatic carbocycles. The number of carbonyl (C=O) groups is 2. The lowest BCUT2D eigenvalue weighted by atomic mass is 9.98. The van der Waals surface area contributed by atoms with Crippen LogP contribution in [0.5, 0.6) is 0 Å². The highest BCUT2D eigenvalue weighted by molar-refractivity contribution is 5.85. The Hall–Kier alpha value is -3.67. The van der Waals surface area contributed by atoms with Crippen molar-refractivity contribution >= 4 is 12.1 Å². The van der Waals surface area contributed by atoms with Crippen LogP contribution in [-0.4, -0.2) is 33.7 Å². The van der Waals surface area contributed by atoms with Crippen molar-refractivity contribution in [3.05, 3.63) is 88.7 Å². The Labute approximate surface area is 167 Å². The predicted molar refractivity (Wildman–Crippen MR) is 106 cm³/mol. The highest BCUT2D eigenvalue weighted by Gasteiger charge is 2.31. The zero-order valence-corrected chi connectivity index (χ0v) is 15.5. The van der Waals surface area contributed by atoms with E-state index in [0.29, 0.717) is 12.2 Å². The molecule has 6 heteroatoms. The van der Waals surface area contributed by atoms with E-state index < -0.39 is 12.1 Å². The Morgan fingerprint density at radius 1 is 0.966 bits per heavy atom. The van der Waals surface area contributed by atoms with Crippen LogP contribution in [0.3, 0.4) is 0 Å². The third-order valence-corrected chi connectivity index (χ3v) is 5.58. The van der Waals surface area contributed by atoms with Crippen LogP contribution in [0.1, 0.15) is 38.8 Å². The largest absolute Gasteiger partial charge is 0.477 e. The summed E-state index contributed by atoms with van der Waals surface area (Å²) in [7, 11) is 0. The maximum atomic E-state index is 12.7. The van der Waals surface area contributed by atoms with Crippen LogP contribution in [0.15, 0.2) is 60.7 Å². The first kappa shape index (κ1) is 17.4. The van der Waals surface area contributed by atoms with Gasteiger partial charge in [0.05, 0.1) is 18.8 Å². The summed E-state index contributed by atoms with van der Waals surface area (Å²) in [5.41, 5.74) is 6.14. The van der Waals surface area contributed by atoms with Gasteiger partial charge < -0.3 is 9.84 Å². The summed E-state index contributed by atoms with van der Waals surface area (Å²) in [6, 6.07) is 19.6. The fourth-order valence-electron chi connectivity index (χ4n) is 4.19. The molecule has 0 bridgehead atoms. The first-order valence-electron chi connectivity index (χ1n) is 9.44. The van der Waals surface area contributed by atoms with E-state index in [1.807, 2.05) is 24.3 Å². The van der Waals surface area contributed by atoms with Gasteiger partial charge in [0.15, 0.2) is 0 Å². The van der Waals surface area contributed by atoms with Crippen molar-refractivity contribution < 1.29 is 19.4 Å². The van der Waals surface area contributed by atoms with Gasteiger partial charge >= 0.3 is 12.1 Å². The van der Waals surface area contributed by atoms with Gasteiger partial charge in [0.2, 0.25) is 0 Å². The predicted octanol–water partition coefficient (Wildman–Crippen LogP) is 4.04. The highest BCUT2D eigenvalue weighted by Crippen LogP contribution is 2.44. The minimum atomic E-state index is -1.08. The van der Waals surface area contributed by atoms with Crippen LogP contribution < -0.4 is 0 Å². The molecule has 0 fully saturated rings. The molecule has 0 saturated heterocycles. The molecule has 5 rings (SSSR count). The van der Waals surface area contributed by atoms with Gasteiger partial charge in [-0.1, -0.05) is 54.6 Å². The number of fused-ring (bicyclic) bond motifs is 4. The number of aromatic carboxylic acids is 1. The lowest BCUT2D eigenvalue weighted by Crippen LogP contribution is -2.27. The number of ether oxygens (including phenoxy) is 1. The molecule has 3 aromatic rings. The Balaban J connectivity index is 1.31. The number of hydrogen-bond donors (Lipinski definition) is 1. The topological polar surface area (TPSA) is 79.7 Å². The summed E-state index contributed by atoms with van der Waals surface area (Å²) in [4.78, 5) is 29.5. The molecular weight excluding hydrogens is 368 g/mol. The summed E-state index contributed by atoms with van der Waals surface area (Å²) in [6.07, 6.45) is -0.415. The fraction of sp³-hybridized carbons (Fsp3) is 0.174. The van der Waals surface area contributed by atoms with Gasteiger partial charge in [0.25, 0.3) is 0 Å². The van der Waals surface area contributed by atoms with Crippen LogP contribution in [0, 0.1) is 0 Å². The fourth-order valence-corrected chi connectivity index (χ4v) is 4.19. The monoisotopic (exact) mass is 386 g/mol. The van der Waals surface area contributed by atoms with Gasteiger partial charge in [0.1, 0.15) is 12.3 Å². The van der Waals surface area contributed by atoms with E-state index in [1.54, 1.807) is 11.0 Å². The summed E-state index contributed by atoms with van der Waals surface area (Å²) >= 11 is 0. The molecule has 1 amide bonds. The van der Waals surface area contributed by atoms with Crippen molar-refractivity contribution in [2.75, 3.05) is 6.61 Å². The summed E-state index contributed by atoms with van der Waals surface area (Å²) in [5.74, 6) is -1.07. The minimum Gasteiger partial charge on any atom is -0.477 e. The third kappa shape index (κ3) is 2.93. The van der Waals surface area contributed by atoms with Crippen molar-refractivity contribution in [1.29, 1.82) is 0 Å². The van der Waals surface area contributed by atoms with E-state index in [1.165, 1.54) is 28.3 Å². The van der Waals surface area contributed by atoms with Crippen LogP contribution in [0.2, 0.25) is 0 Å². The molecule has 0 saturated carbocycles. The molecule has 0 unspecified atom stereocenters. The van der Waals surface area contributed by atoms with Crippen LogP contribution in [0.4, 0.5) is 4.79 Å². The molecule has 0 atom stereocenters. The number of amides is 1. The maximum absolute atomic E-state index is 12.7. The second-order valence-corrected chi connectivity index (χ2v) is 7.27. The van der Waals surface area contributed by atoms with Gasteiger partial charge in [-0.25, -0.2) is 14.6 Å².